The summed E-state index contributed by atoms with van der Waals surface area (Å²) in [7, 11) is -3.56. The molecule has 2 atom stereocenters. The number of nitrogens with zero attached hydrogens (tertiary/aromatic N) is 3. The van der Waals surface area contributed by atoms with E-state index in [0.717, 1.165) is 24.6 Å². The molecule has 0 spiro atoms. The van der Waals surface area contributed by atoms with E-state index in [9.17, 15) is 30.8 Å². The number of nitrogens with one attached hydrogen (secondary N) is 1. The number of alkyl halides is 3. The summed E-state index contributed by atoms with van der Waals surface area (Å²) in [5.74, 6) is -0.686. The van der Waals surface area contributed by atoms with Crippen molar-refractivity contribution in [1.82, 2.24) is 9.88 Å². The first-order valence-electron chi connectivity index (χ1n) is 11.6. The van der Waals surface area contributed by atoms with Crippen LogP contribution in [0.2, 0.25) is 5.02 Å². The van der Waals surface area contributed by atoms with Crippen LogP contribution < -0.4 is 10.2 Å². The van der Waals surface area contributed by atoms with E-state index in [2.05, 4.69) is 10.3 Å². The monoisotopic (exact) mass is 562 g/mol. The van der Waals surface area contributed by atoms with Crippen molar-refractivity contribution in [3.05, 3.63) is 46.9 Å². The number of hydrogen-bond donors (Lipinski definition) is 1. The maximum absolute atomic E-state index is 14.5. The number of benzene rings is 1. The molecule has 1 N–H and O–H groups in total. The third-order valence-electron chi connectivity index (χ3n) is 6.94. The fraction of sp³-hybridized carbons (Fsp3) is 0.500. The molecule has 0 aliphatic carbocycles. The van der Waals surface area contributed by atoms with Crippen molar-refractivity contribution >= 4 is 38.9 Å². The number of pyridine rings is 1. The molecule has 7 nitrogen and oxygen atoms in total. The molecule has 2 aliphatic heterocycles. The highest BCUT2D eigenvalue weighted by Crippen LogP contribution is 2.40. The van der Waals surface area contributed by atoms with Crippen molar-refractivity contribution in [2.45, 2.75) is 49.8 Å². The second-order valence-corrected chi connectivity index (χ2v) is 12.6. The van der Waals surface area contributed by atoms with Crippen LogP contribution in [-0.4, -0.2) is 62.2 Å². The smallest absolute Gasteiger partial charge is 0.371 e. The van der Waals surface area contributed by atoms with Gasteiger partial charge >= 0.3 is 6.18 Å². The molecular weight excluding hydrogens is 536 g/mol. The minimum absolute atomic E-state index is 0.0460. The lowest BCUT2D eigenvalue weighted by molar-refractivity contribution is -0.137. The van der Waals surface area contributed by atoms with Crippen molar-refractivity contribution in [2.75, 3.05) is 36.1 Å². The van der Waals surface area contributed by atoms with Gasteiger partial charge in [-0.1, -0.05) is 25.4 Å². The van der Waals surface area contributed by atoms with E-state index < -0.39 is 38.9 Å². The van der Waals surface area contributed by atoms with E-state index >= 15 is 0 Å². The third-order valence-corrected chi connectivity index (χ3v) is 8.32. The highest BCUT2D eigenvalue weighted by molar-refractivity contribution is 7.90. The SMILES string of the molecule is CC1(C)CN(c2ncc(C(F)(F)F)cc2Cl)CCC1N1CC[C@H](Nc2ccc(S(C)(=O)=O)cc2F)C1=O. The fourth-order valence-electron chi connectivity index (χ4n) is 5.10. The van der Waals surface area contributed by atoms with Gasteiger partial charge in [0.05, 0.1) is 21.2 Å². The predicted octanol–water partition coefficient (Wildman–Crippen LogP) is 4.61. The van der Waals surface area contributed by atoms with Crippen molar-refractivity contribution in [3.63, 3.8) is 0 Å². The van der Waals surface area contributed by atoms with Gasteiger partial charge in [0.2, 0.25) is 5.91 Å². The standard InChI is InChI=1S/C24H27ClF4N4O3S/c1-23(2)13-32(21-16(25)10-14(12-30-21)24(27,28)29)8-7-20(23)33-9-6-19(22(33)34)31-18-5-4-15(11-17(18)26)37(3,35)36/h4-5,10-12,19-20,31H,6-9,13H2,1-3H3/t19-,20?/m0/s1. The Balaban J connectivity index is 1.45. The lowest BCUT2D eigenvalue weighted by atomic mass is 9.78. The number of anilines is 2. The molecule has 3 heterocycles. The van der Waals surface area contributed by atoms with Crippen LogP contribution in [-0.2, 0) is 20.8 Å². The van der Waals surface area contributed by atoms with Crippen LogP contribution >= 0.6 is 11.6 Å². The largest absolute Gasteiger partial charge is 0.417 e. The van der Waals surface area contributed by atoms with E-state index in [1.165, 1.54) is 12.1 Å². The highest BCUT2D eigenvalue weighted by atomic mass is 35.5. The zero-order valence-corrected chi connectivity index (χ0v) is 22.0. The van der Waals surface area contributed by atoms with Crippen LogP contribution in [0.15, 0.2) is 35.4 Å². The van der Waals surface area contributed by atoms with Gasteiger partial charge in [-0.25, -0.2) is 17.8 Å². The predicted molar refractivity (Wildman–Crippen MR) is 132 cm³/mol. The van der Waals surface area contributed by atoms with Gasteiger partial charge in [-0.2, -0.15) is 13.2 Å². The zero-order chi connectivity index (χ0) is 27.3. The number of rotatable bonds is 5. The fourth-order valence-corrected chi connectivity index (χ4v) is 6.02. The first kappa shape index (κ1) is 27.4. The van der Waals surface area contributed by atoms with Gasteiger partial charge in [0, 0.05) is 43.5 Å². The number of hydrogen-bond acceptors (Lipinski definition) is 6. The number of likely N-dealkylation sites (tertiary alicyclic amines) is 1. The van der Waals surface area contributed by atoms with Gasteiger partial charge in [-0.05, 0) is 37.1 Å². The molecule has 2 fully saturated rings. The van der Waals surface area contributed by atoms with Crippen LogP contribution in [0.1, 0.15) is 32.3 Å². The molecule has 2 saturated heterocycles. The first-order valence-corrected chi connectivity index (χ1v) is 13.9. The topological polar surface area (TPSA) is 82.6 Å². The van der Waals surface area contributed by atoms with E-state index in [4.69, 9.17) is 11.6 Å². The minimum Gasteiger partial charge on any atom is -0.371 e. The molecular formula is C24H27ClF4N4O3S. The Bertz CT molecular complexity index is 1320. The molecule has 0 radical (unpaired) electrons. The Morgan fingerprint density at radius 2 is 1.86 bits per heavy atom. The Morgan fingerprint density at radius 3 is 2.43 bits per heavy atom. The van der Waals surface area contributed by atoms with E-state index in [0.29, 0.717) is 32.5 Å². The summed E-state index contributed by atoms with van der Waals surface area (Å²) in [6, 6.07) is 3.56. The maximum Gasteiger partial charge on any atom is 0.417 e. The Hall–Kier alpha value is -2.60. The van der Waals surface area contributed by atoms with Crippen molar-refractivity contribution in [2.24, 2.45) is 5.41 Å². The van der Waals surface area contributed by atoms with Crippen molar-refractivity contribution < 1.29 is 30.8 Å². The molecule has 0 bridgehead atoms. The normalized spacial score (nSPS) is 22.4. The molecule has 1 aromatic carbocycles. The van der Waals surface area contributed by atoms with Crippen LogP contribution in [0.3, 0.4) is 0 Å². The number of sulfone groups is 1. The van der Waals surface area contributed by atoms with E-state index in [1.807, 2.05) is 18.7 Å². The second-order valence-electron chi connectivity index (χ2n) is 10.2. The molecule has 1 amide bonds. The Labute approximate surface area is 217 Å². The molecule has 4 rings (SSSR count). The summed E-state index contributed by atoms with van der Waals surface area (Å²) in [6.07, 6.45) is -1.80. The summed E-state index contributed by atoms with van der Waals surface area (Å²) in [6.45, 7) is 5.25. The number of carbonyl (C=O) groups excluding carboxylic acids is 1. The summed E-state index contributed by atoms with van der Waals surface area (Å²) < 4.78 is 76.8. The molecule has 1 aromatic heterocycles. The summed E-state index contributed by atoms with van der Waals surface area (Å²) in [5, 5.41) is 2.81. The average Bonchev–Trinajstić information content (AvgIpc) is 3.12. The molecule has 13 heteroatoms. The van der Waals surface area contributed by atoms with E-state index in [1.54, 1.807) is 4.90 Å². The second kappa shape index (κ2) is 9.61. The molecule has 2 aromatic rings. The summed E-state index contributed by atoms with van der Waals surface area (Å²) in [4.78, 5) is 20.7. The lowest BCUT2D eigenvalue weighted by Gasteiger charge is -2.48. The quantitative estimate of drug-likeness (QED) is 0.536. The summed E-state index contributed by atoms with van der Waals surface area (Å²) >= 11 is 6.15. The van der Waals surface area contributed by atoms with Crippen molar-refractivity contribution in [1.29, 1.82) is 0 Å². The average molecular weight is 563 g/mol. The zero-order valence-electron chi connectivity index (χ0n) is 20.4. The third kappa shape index (κ3) is 5.64. The van der Waals surface area contributed by atoms with Gasteiger partial charge < -0.3 is 15.1 Å². The van der Waals surface area contributed by atoms with Gasteiger partial charge in [-0.15, -0.1) is 0 Å². The molecule has 0 saturated carbocycles. The number of halogens is 5. The molecule has 1 unspecified atom stereocenters. The van der Waals surface area contributed by atoms with Crippen LogP contribution in [0.25, 0.3) is 0 Å². The van der Waals surface area contributed by atoms with Crippen molar-refractivity contribution in [3.8, 4) is 0 Å². The van der Waals surface area contributed by atoms with Crippen LogP contribution in [0.4, 0.5) is 29.1 Å². The Kier molecular flexibility index (Phi) is 7.13. The van der Waals surface area contributed by atoms with Gasteiger partial charge in [0.15, 0.2) is 9.84 Å². The molecule has 37 heavy (non-hydrogen) atoms. The molecule has 2 aliphatic rings. The van der Waals surface area contributed by atoms with Crippen LogP contribution in [0, 0.1) is 11.2 Å². The van der Waals surface area contributed by atoms with Crippen LogP contribution in [0.5, 0.6) is 0 Å². The molecule has 202 valence electrons. The number of carbonyl (C=O) groups is 1. The summed E-state index contributed by atoms with van der Waals surface area (Å²) in [5.41, 5.74) is -1.32. The van der Waals surface area contributed by atoms with Gasteiger partial charge in [0.25, 0.3) is 0 Å². The van der Waals surface area contributed by atoms with Gasteiger partial charge in [-0.3, -0.25) is 4.79 Å². The highest BCUT2D eigenvalue weighted by Gasteiger charge is 2.45. The number of piperidine rings is 1. The number of amides is 1. The Morgan fingerprint density at radius 1 is 1.16 bits per heavy atom. The lowest BCUT2D eigenvalue weighted by Crippen LogP contribution is -2.57. The maximum atomic E-state index is 14.5. The first-order chi connectivity index (χ1) is 17.1. The minimum atomic E-state index is -4.54. The van der Waals surface area contributed by atoms with E-state index in [-0.39, 0.29) is 33.4 Å². The number of aromatic nitrogens is 1. The van der Waals surface area contributed by atoms with Gasteiger partial charge in [0.1, 0.15) is 17.7 Å².